The first-order valence-corrected chi connectivity index (χ1v) is 7.39. The van der Waals surface area contributed by atoms with Crippen molar-refractivity contribution in [1.29, 1.82) is 0 Å². The van der Waals surface area contributed by atoms with Crippen molar-refractivity contribution >= 4 is 17.2 Å². The first-order valence-electron chi connectivity index (χ1n) is 6.51. The number of hydrogen-bond donors (Lipinski definition) is 0. The van der Waals surface area contributed by atoms with Crippen LogP contribution in [0.2, 0.25) is 0 Å². The summed E-state index contributed by atoms with van der Waals surface area (Å²) in [5.41, 5.74) is 0.333. The Morgan fingerprint density at radius 3 is 2.44 bits per heavy atom. The van der Waals surface area contributed by atoms with Gasteiger partial charge >= 0.3 is 0 Å². The summed E-state index contributed by atoms with van der Waals surface area (Å²) in [6.07, 6.45) is 0. The van der Waals surface area contributed by atoms with Crippen LogP contribution in [0.25, 0.3) is 0 Å². The van der Waals surface area contributed by atoms with Gasteiger partial charge in [0.1, 0.15) is 0 Å². The Morgan fingerprint density at radius 2 is 1.94 bits per heavy atom. The Kier molecular flexibility index (Phi) is 4.07. The fraction of sp³-hybridized carbons (Fsp3) is 0.643. The molecule has 3 nitrogen and oxygen atoms in total. The van der Waals surface area contributed by atoms with Crippen LogP contribution in [0.3, 0.4) is 0 Å². The van der Waals surface area contributed by atoms with Gasteiger partial charge in [-0.15, -0.1) is 11.3 Å². The van der Waals surface area contributed by atoms with E-state index in [2.05, 4.69) is 25.7 Å². The van der Waals surface area contributed by atoms with Crippen molar-refractivity contribution in [2.75, 3.05) is 32.7 Å². The SMILES string of the molecule is CC(C)(C)CN1CCN(C(=O)c2cccs2)CC1. The van der Waals surface area contributed by atoms with E-state index in [0.29, 0.717) is 5.41 Å². The molecule has 0 saturated carbocycles. The molecule has 0 aromatic carbocycles. The number of carbonyl (C=O) groups is 1. The van der Waals surface area contributed by atoms with Crippen LogP contribution < -0.4 is 0 Å². The van der Waals surface area contributed by atoms with E-state index in [1.807, 2.05) is 22.4 Å². The highest BCUT2D eigenvalue weighted by Gasteiger charge is 2.24. The summed E-state index contributed by atoms with van der Waals surface area (Å²) < 4.78 is 0. The molecule has 1 aliphatic heterocycles. The molecule has 0 radical (unpaired) electrons. The second-order valence-corrected chi connectivity index (χ2v) is 7.05. The van der Waals surface area contributed by atoms with Crippen molar-refractivity contribution < 1.29 is 4.79 Å². The van der Waals surface area contributed by atoms with Crippen LogP contribution in [0, 0.1) is 5.41 Å². The Bertz CT molecular complexity index is 386. The smallest absolute Gasteiger partial charge is 0.264 e. The molecular weight excluding hydrogens is 244 g/mol. The van der Waals surface area contributed by atoms with Gasteiger partial charge in [-0.05, 0) is 16.9 Å². The first kappa shape index (κ1) is 13.6. The van der Waals surface area contributed by atoms with E-state index < -0.39 is 0 Å². The van der Waals surface area contributed by atoms with Crippen LogP contribution >= 0.6 is 11.3 Å². The van der Waals surface area contributed by atoms with Gasteiger partial charge in [0.25, 0.3) is 5.91 Å². The number of carbonyl (C=O) groups excluding carboxylic acids is 1. The molecule has 2 heterocycles. The molecule has 1 aliphatic rings. The van der Waals surface area contributed by atoms with E-state index in [9.17, 15) is 4.79 Å². The highest BCUT2D eigenvalue weighted by molar-refractivity contribution is 7.12. The van der Waals surface area contributed by atoms with Gasteiger partial charge in [0.05, 0.1) is 4.88 Å². The van der Waals surface area contributed by atoms with Crippen molar-refractivity contribution in [2.45, 2.75) is 20.8 Å². The van der Waals surface area contributed by atoms with Gasteiger partial charge in [0, 0.05) is 32.7 Å². The van der Waals surface area contributed by atoms with E-state index >= 15 is 0 Å². The summed E-state index contributed by atoms with van der Waals surface area (Å²) in [5.74, 6) is 0.195. The third-order valence-corrected chi connectivity index (χ3v) is 3.95. The molecule has 2 rings (SSSR count). The molecule has 0 unspecified atom stereocenters. The summed E-state index contributed by atoms with van der Waals surface area (Å²) >= 11 is 1.53. The monoisotopic (exact) mass is 266 g/mol. The number of rotatable bonds is 2. The van der Waals surface area contributed by atoms with Crippen LogP contribution in [-0.2, 0) is 0 Å². The van der Waals surface area contributed by atoms with Crippen molar-refractivity contribution in [3.05, 3.63) is 22.4 Å². The fourth-order valence-corrected chi connectivity index (χ4v) is 3.03. The van der Waals surface area contributed by atoms with E-state index in [1.165, 1.54) is 11.3 Å². The zero-order chi connectivity index (χ0) is 13.2. The lowest BCUT2D eigenvalue weighted by atomic mass is 9.96. The van der Waals surface area contributed by atoms with Crippen molar-refractivity contribution in [2.24, 2.45) is 5.41 Å². The van der Waals surface area contributed by atoms with Gasteiger partial charge in [-0.3, -0.25) is 9.69 Å². The van der Waals surface area contributed by atoms with Gasteiger partial charge < -0.3 is 4.90 Å². The van der Waals surface area contributed by atoms with E-state index in [4.69, 9.17) is 0 Å². The lowest BCUT2D eigenvalue weighted by Crippen LogP contribution is -2.50. The van der Waals surface area contributed by atoms with Crippen molar-refractivity contribution in [3.8, 4) is 0 Å². The summed E-state index contributed by atoms with van der Waals surface area (Å²) in [4.78, 5) is 17.5. The largest absolute Gasteiger partial charge is 0.335 e. The molecule has 1 aromatic rings. The summed E-state index contributed by atoms with van der Waals surface area (Å²) in [7, 11) is 0. The Hall–Kier alpha value is -0.870. The Balaban J connectivity index is 1.85. The quantitative estimate of drug-likeness (QED) is 0.821. The highest BCUT2D eigenvalue weighted by atomic mass is 32.1. The van der Waals surface area contributed by atoms with Crippen molar-refractivity contribution in [3.63, 3.8) is 0 Å². The predicted octanol–water partition coefficient (Wildman–Crippen LogP) is 2.55. The van der Waals surface area contributed by atoms with E-state index in [1.54, 1.807) is 0 Å². The maximum absolute atomic E-state index is 12.2. The molecule has 18 heavy (non-hydrogen) atoms. The second-order valence-electron chi connectivity index (χ2n) is 6.11. The van der Waals surface area contributed by atoms with Gasteiger partial charge in [-0.1, -0.05) is 26.8 Å². The minimum Gasteiger partial charge on any atom is -0.335 e. The molecular formula is C14H22N2OS. The van der Waals surface area contributed by atoms with Gasteiger partial charge in [0.2, 0.25) is 0 Å². The third kappa shape index (κ3) is 3.56. The zero-order valence-corrected chi connectivity index (χ0v) is 12.3. The van der Waals surface area contributed by atoms with Crippen LogP contribution in [0.5, 0.6) is 0 Å². The lowest BCUT2D eigenvalue weighted by molar-refractivity contribution is 0.0596. The lowest BCUT2D eigenvalue weighted by Gasteiger charge is -2.37. The average Bonchev–Trinajstić information content (AvgIpc) is 2.80. The predicted molar refractivity (Wildman–Crippen MR) is 76.1 cm³/mol. The minimum absolute atomic E-state index is 0.195. The molecule has 0 bridgehead atoms. The molecule has 1 amide bonds. The number of thiophene rings is 1. The second kappa shape index (κ2) is 5.41. The minimum atomic E-state index is 0.195. The molecule has 0 aliphatic carbocycles. The van der Waals surface area contributed by atoms with Crippen LogP contribution in [0.4, 0.5) is 0 Å². The van der Waals surface area contributed by atoms with Crippen LogP contribution in [0.15, 0.2) is 17.5 Å². The first-order chi connectivity index (χ1) is 8.46. The van der Waals surface area contributed by atoms with Crippen LogP contribution in [0.1, 0.15) is 30.4 Å². The molecule has 1 saturated heterocycles. The Morgan fingerprint density at radius 1 is 1.28 bits per heavy atom. The molecule has 100 valence electrons. The number of amides is 1. The molecule has 0 atom stereocenters. The van der Waals surface area contributed by atoms with Gasteiger partial charge in [0.15, 0.2) is 0 Å². The molecule has 4 heteroatoms. The highest BCUT2D eigenvalue weighted by Crippen LogP contribution is 2.18. The average molecular weight is 266 g/mol. The van der Waals surface area contributed by atoms with Gasteiger partial charge in [-0.25, -0.2) is 0 Å². The topological polar surface area (TPSA) is 23.6 Å². The number of nitrogens with zero attached hydrogens (tertiary/aromatic N) is 2. The molecule has 0 spiro atoms. The maximum Gasteiger partial charge on any atom is 0.264 e. The Labute approximate surface area is 113 Å². The standard InChI is InChI=1S/C14H22N2OS/c1-14(2,3)11-15-6-8-16(9-7-15)13(17)12-5-4-10-18-12/h4-5,10H,6-9,11H2,1-3H3. The molecule has 1 aromatic heterocycles. The summed E-state index contributed by atoms with van der Waals surface area (Å²) in [5, 5.41) is 1.96. The maximum atomic E-state index is 12.2. The number of hydrogen-bond acceptors (Lipinski definition) is 3. The fourth-order valence-electron chi connectivity index (χ4n) is 2.34. The normalized spacial score (nSPS) is 18.1. The summed E-state index contributed by atoms with van der Waals surface area (Å²) in [6.45, 7) is 11.6. The zero-order valence-electron chi connectivity index (χ0n) is 11.5. The molecule has 1 fully saturated rings. The molecule has 0 N–H and O–H groups in total. The van der Waals surface area contributed by atoms with E-state index in [-0.39, 0.29) is 5.91 Å². The van der Waals surface area contributed by atoms with Gasteiger partial charge in [-0.2, -0.15) is 0 Å². The summed E-state index contributed by atoms with van der Waals surface area (Å²) in [6, 6.07) is 3.85. The van der Waals surface area contributed by atoms with Crippen LogP contribution in [-0.4, -0.2) is 48.4 Å². The van der Waals surface area contributed by atoms with Crippen molar-refractivity contribution in [1.82, 2.24) is 9.80 Å². The third-order valence-electron chi connectivity index (χ3n) is 3.09. The number of piperazine rings is 1. The van der Waals surface area contributed by atoms with E-state index in [0.717, 1.165) is 37.6 Å².